The van der Waals surface area contributed by atoms with E-state index in [1.807, 2.05) is 54.0 Å². The van der Waals surface area contributed by atoms with Crippen LogP contribution in [0.5, 0.6) is 5.75 Å². The van der Waals surface area contributed by atoms with Crippen molar-refractivity contribution in [1.82, 2.24) is 14.8 Å². The molecule has 0 radical (unpaired) electrons. The zero-order valence-corrected chi connectivity index (χ0v) is 20.6. The second kappa shape index (κ2) is 9.38. The molecule has 3 atom stereocenters. The molecule has 184 valence electrons. The third-order valence-corrected chi connectivity index (χ3v) is 7.47. The van der Waals surface area contributed by atoms with Crippen LogP contribution < -0.4 is 10.1 Å². The molecule has 2 aliphatic heterocycles. The molecular formula is C28H33N3O4. The zero-order valence-electron chi connectivity index (χ0n) is 20.6. The summed E-state index contributed by atoms with van der Waals surface area (Å²) in [6.45, 7) is 5.97. The SMILES string of the molecule is COc1ccc2cc3n(c2c1)CC(C)(C(=O)NCC1CCCO1)N(CC(C)c1ccccc1)C3=O. The summed E-state index contributed by atoms with van der Waals surface area (Å²) in [5.41, 5.74) is 1.57. The van der Waals surface area contributed by atoms with Crippen molar-refractivity contribution in [2.45, 2.75) is 50.8 Å². The molecular weight excluding hydrogens is 442 g/mol. The smallest absolute Gasteiger partial charge is 0.271 e. The molecule has 0 aliphatic carbocycles. The molecule has 0 saturated carbocycles. The van der Waals surface area contributed by atoms with Crippen LogP contribution in [0, 0.1) is 0 Å². The fraction of sp³-hybridized carbons (Fsp3) is 0.429. The van der Waals surface area contributed by atoms with E-state index in [0.29, 0.717) is 25.3 Å². The van der Waals surface area contributed by atoms with Crippen molar-refractivity contribution in [1.29, 1.82) is 0 Å². The molecule has 2 amide bonds. The molecule has 5 rings (SSSR count). The van der Waals surface area contributed by atoms with Crippen LogP contribution >= 0.6 is 0 Å². The molecule has 3 aromatic rings. The minimum absolute atomic E-state index is 0.0331. The molecule has 1 aromatic heterocycles. The van der Waals surface area contributed by atoms with E-state index < -0.39 is 5.54 Å². The van der Waals surface area contributed by atoms with E-state index in [4.69, 9.17) is 9.47 Å². The third kappa shape index (κ3) is 4.29. The minimum atomic E-state index is -1.05. The van der Waals surface area contributed by atoms with Gasteiger partial charge < -0.3 is 24.3 Å². The number of carbonyl (C=O) groups is 2. The summed E-state index contributed by atoms with van der Waals surface area (Å²) in [5.74, 6) is 0.498. The lowest BCUT2D eigenvalue weighted by Gasteiger charge is -2.45. The molecule has 3 heterocycles. The number of benzene rings is 2. The van der Waals surface area contributed by atoms with Gasteiger partial charge in [-0.05, 0) is 49.4 Å². The first-order valence-corrected chi connectivity index (χ1v) is 12.3. The lowest BCUT2D eigenvalue weighted by Crippen LogP contribution is -2.64. The molecule has 0 bridgehead atoms. The largest absolute Gasteiger partial charge is 0.497 e. The number of methoxy groups -OCH3 is 1. The molecule has 35 heavy (non-hydrogen) atoms. The lowest BCUT2D eigenvalue weighted by molar-refractivity contribution is -0.133. The molecule has 7 heteroatoms. The number of hydrogen-bond donors (Lipinski definition) is 1. The van der Waals surface area contributed by atoms with Gasteiger partial charge in [0.15, 0.2) is 0 Å². The number of carbonyl (C=O) groups excluding carboxylic acids is 2. The Hall–Kier alpha value is -3.32. The van der Waals surface area contributed by atoms with E-state index in [9.17, 15) is 9.59 Å². The zero-order chi connectivity index (χ0) is 24.6. The first-order valence-electron chi connectivity index (χ1n) is 12.3. The average Bonchev–Trinajstić information content (AvgIpc) is 3.53. The van der Waals surface area contributed by atoms with Gasteiger partial charge in [0.1, 0.15) is 17.0 Å². The van der Waals surface area contributed by atoms with Crippen molar-refractivity contribution >= 4 is 22.7 Å². The summed E-state index contributed by atoms with van der Waals surface area (Å²) < 4.78 is 13.1. The number of aromatic nitrogens is 1. The molecule has 1 fully saturated rings. The first-order chi connectivity index (χ1) is 16.9. The van der Waals surface area contributed by atoms with E-state index in [1.165, 1.54) is 0 Å². The second-order valence-corrected chi connectivity index (χ2v) is 9.89. The first kappa shape index (κ1) is 23.4. The highest BCUT2D eigenvalue weighted by Gasteiger charge is 2.48. The van der Waals surface area contributed by atoms with Crippen molar-refractivity contribution in [2.75, 3.05) is 26.8 Å². The topological polar surface area (TPSA) is 72.8 Å². The van der Waals surface area contributed by atoms with Crippen LogP contribution in [0.25, 0.3) is 10.9 Å². The number of rotatable bonds is 7. The highest BCUT2D eigenvalue weighted by Crippen LogP contribution is 2.35. The van der Waals surface area contributed by atoms with Crippen molar-refractivity contribution in [3.05, 3.63) is 65.9 Å². The number of ether oxygens (including phenoxy) is 2. The predicted octanol–water partition coefficient (Wildman–Crippen LogP) is 3.96. The van der Waals surface area contributed by atoms with Crippen molar-refractivity contribution in [3.63, 3.8) is 0 Å². The summed E-state index contributed by atoms with van der Waals surface area (Å²) in [5, 5.41) is 4.05. The van der Waals surface area contributed by atoms with Crippen molar-refractivity contribution in [3.8, 4) is 5.75 Å². The molecule has 2 aromatic carbocycles. The van der Waals surface area contributed by atoms with E-state index in [-0.39, 0.29) is 23.8 Å². The molecule has 7 nitrogen and oxygen atoms in total. The summed E-state index contributed by atoms with van der Waals surface area (Å²) in [6, 6.07) is 17.8. The van der Waals surface area contributed by atoms with E-state index >= 15 is 0 Å². The van der Waals surface area contributed by atoms with Gasteiger partial charge in [0.25, 0.3) is 5.91 Å². The number of nitrogens with one attached hydrogen (secondary N) is 1. The maximum absolute atomic E-state index is 14.0. The summed E-state index contributed by atoms with van der Waals surface area (Å²) in [6.07, 6.45) is 1.99. The average molecular weight is 476 g/mol. The second-order valence-electron chi connectivity index (χ2n) is 9.89. The van der Waals surface area contributed by atoms with E-state index in [1.54, 1.807) is 12.0 Å². The van der Waals surface area contributed by atoms with Crippen molar-refractivity contribution < 1.29 is 19.1 Å². The van der Waals surface area contributed by atoms with Crippen LogP contribution in [0.15, 0.2) is 54.6 Å². The number of fused-ring (bicyclic) bond motifs is 3. The number of amides is 2. The minimum Gasteiger partial charge on any atom is -0.497 e. The van der Waals surface area contributed by atoms with Gasteiger partial charge in [0.05, 0.1) is 25.3 Å². The molecule has 2 aliphatic rings. The van der Waals surface area contributed by atoms with Gasteiger partial charge in [-0.15, -0.1) is 0 Å². The number of nitrogens with zero attached hydrogens (tertiary/aromatic N) is 2. The standard InChI is InChI=1S/C28H33N3O4/c1-19(20-8-5-4-6-9-20)17-31-26(32)25-14-21-11-12-22(34-3)15-24(21)30(25)18-28(31,2)27(33)29-16-23-10-7-13-35-23/h4-6,8-9,11-12,14-15,19,23H,7,10,13,16-18H2,1-3H3,(H,29,33). The third-order valence-electron chi connectivity index (χ3n) is 7.47. The van der Waals surface area contributed by atoms with Crippen LogP contribution in [0.2, 0.25) is 0 Å². The summed E-state index contributed by atoms with van der Waals surface area (Å²) in [4.78, 5) is 29.5. The maximum Gasteiger partial charge on any atom is 0.271 e. The molecule has 1 N–H and O–H groups in total. The van der Waals surface area contributed by atoms with Crippen molar-refractivity contribution in [2.24, 2.45) is 0 Å². The molecule has 3 unspecified atom stereocenters. The normalized spacial score (nSPS) is 22.8. The molecule has 1 saturated heterocycles. The Bertz CT molecular complexity index is 1230. The summed E-state index contributed by atoms with van der Waals surface area (Å²) >= 11 is 0. The van der Waals surface area contributed by atoms with Gasteiger partial charge in [-0.1, -0.05) is 37.3 Å². The highest BCUT2D eigenvalue weighted by molar-refractivity contribution is 6.03. The van der Waals surface area contributed by atoms with E-state index in [2.05, 4.69) is 24.4 Å². The fourth-order valence-corrected chi connectivity index (χ4v) is 5.31. The van der Waals surface area contributed by atoms with E-state index in [0.717, 1.165) is 41.7 Å². The van der Waals surface area contributed by atoms with Gasteiger partial charge in [0.2, 0.25) is 5.91 Å². The van der Waals surface area contributed by atoms with Crippen LogP contribution in [0.3, 0.4) is 0 Å². The lowest BCUT2D eigenvalue weighted by atomic mass is 9.91. The molecule has 0 spiro atoms. The van der Waals surface area contributed by atoms with Gasteiger partial charge in [-0.3, -0.25) is 9.59 Å². The Morgan fingerprint density at radius 2 is 2.03 bits per heavy atom. The van der Waals surface area contributed by atoms with Gasteiger partial charge in [0, 0.05) is 31.1 Å². The van der Waals surface area contributed by atoms with Crippen LogP contribution in [0.1, 0.15) is 48.7 Å². The highest BCUT2D eigenvalue weighted by atomic mass is 16.5. The van der Waals surface area contributed by atoms with Crippen LogP contribution in [-0.2, 0) is 16.1 Å². The van der Waals surface area contributed by atoms with Crippen LogP contribution in [0.4, 0.5) is 0 Å². The predicted molar refractivity (Wildman–Crippen MR) is 135 cm³/mol. The van der Waals surface area contributed by atoms with Gasteiger partial charge in [-0.2, -0.15) is 0 Å². The fourth-order valence-electron chi connectivity index (χ4n) is 5.31. The monoisotopic (exact) mass is 475 g/mol. The number of hydrogen-bond acceptors (Lipinski definition) is 4. The van der Waals surface area contributed by atoms with Gasteiger partial charge in [-0.25, -0.2) is 0 Å². The quantitative estimate of drug-likeness (QED) is 0.561. The van der Waals surface area contributed by atoms with Crippen LogP contribution in [-0.4, -0.2) is 59.7 Å². The Balaban J connectivity index is 1.51. The van der Waals surface area contributed by atoms with Gasteiger partial charge >= 0.3 is 0 Å². The maximum atomic E-state index is 14.0. The summed E-state index contributed by atoms with van der Waals surface area (Å²) in [7, 11) is 1.63. The Labute approximate surface area is 206 Å². The Kier molecular flexibility index (Phi) is 6.28. The Morgan fingerprint density at radius 3 is 2.74 bits per heavy atom. The Morgan fingerprint density at radius 1 is 1.23 bits per heavy atom.